The fourth-order valence-corrected chi connectivity index (χ4v) is 3.43. The zero-order chi connectivity index (χ0) is 8.28. The van der Waals surface area contributed by atoms with Crippen molar-refractivity contribution in [3.8, 4) is 0 Å². The quantitative estimate of drug-likeness (QED) is 0.498. The third-order valence-corrected chi connectivity index (χ3v) is 5.20. The van der Waals surface area contributed by atoms with Gasteiger partial charge in [0.25, 0.3) is 0 Å². The van der Waals surface area contributed by atoms with Crippen molar-refractivity contribution in [1.82, 2.24) is 0 Å². The first kappa shape index (κ1) is 7.64. The highest BCUT2D eigenvalue weighted by molar-refractivity contribution is 5.10. The van der Waals surface area contributed by atoms with Crippen LogP contribution in [0.4, 0.5) is 0 Å². The molecule has 0 saturated heterocycles. The zero-order valence-electron chi connectivity index (χ0n) is 8.28. The molecule has 0 heteroatoms. The highest BCUT2D eigenvalue weighted by atomic mass is 14.7. The Kier molecular flexibility index (Phi) is 1.28. The van der Waals surface area contributed by atoms with Crippen LogP contribution in [-0.4, -0.2) is 0 Å². The minimum absolute atomic E-state index is 0.644. The molecule has 2 bridgehead atoms. The highest BCUT2D eigenvalue weighted by Gasteiger charge is 2.61. The molecule has 0 radical (unpaired) electrons. The van der Waals surface area contributed by atoms with Gasteiger partial charge in [-0.25, -0.2) is 0 Å². The van der Waals surface area contributed by atoms with Crippen molar-refractivity contribution >= 4 is 0 Å². The molecule has 0 aromatic carbocycles. The van der Waals surface area contributed by atoms with Gasteiger partial charge in [0.1, 0.15) is 0 Å². The third kappa shape index (κ3) is 0.666. The van der Waals surface area contributed by atoms with Crippen LogP contribution in [0.1, 0.15) is 47.0 Å². The van der Waals surface area contributed by atoms with Crippen LogP contribution in [0.25, 0.3) is 0 Å². The zero-order valence-corrected chi connectivity index (χ0v) is 8.28. The van der Waals surface area contributed by atoms with Crippen LogP contribution in [0.2, 0.25) is 0 Å². The van der Waals surface area contributed by atoms with Crippen LogP contribution >= 0.6 is 0 Å². The first-order valence-electron chi connectivity index (χ1n) is 4.98. The van der Waals surface area contributed by atoms with Gasteiger partial charge in [-0.05, 0) is 41.9 Å². The molecule has 0 nitrogen and oxygen atoms in total. The summed E-state index contributed by atoms with van der Waals surface area (Å²) in [5.41, 5.74) is 1.32. The summed E-state index contributed by atoms with van der Waals surface area (Å²) in [6.45, 7) is 9.87. The maximum absolute atomic E-state index is 2.49. The van der Waals surface area contributed by atoms with Crippen molar-refractivity contribution < 1.29 is 0 Å². The van der Waals surface area contributed by atoms with E-state index in [9.17, 15) is 0 Å². The maximum atomic E-state index is 2.49. The minimum Gasteiger partial charge on any atom is -0.0620 e. The van der Waals surface area contributed by atoms with Crippen LogP contribution in [0.3, 0.4) is 0 Å². The van der Waals surface area contributed by atoms with E-state index in [4.69, 9.17) is 0 Å². The van der Waals surface area contributed by atoms with Crippen molar-refractivity contribution in [3.63, 3.8) is 0 Å². The van der Waals surface area contributed by atoms with E-state index >= 15 is 0 Å². The largest absolute Gasteiger partial charge is 0.0620 e. The highest BCUT2D eigenvalue weighted by Crippen LogP contribution is 2.69. The Hall–Kier alpha value is 0. The molecule has 64 valence electrons. The second kappa shape index (κ2) is 1.84. The number of rotatable bonds is 0. The maximum Gasteiger partial charge on any atom is -0.0243 e. The molecule has 0 heterocycles. The van der Waals surface area contributed by atoms with Gasteiger partial charge >= 0.3 is 0 Å². The molecule has 11 heavy (non-hydrogen) atoms. The third-order valence-electron chi connectivity index (χ3n) is 5.20. The molecule has 3 fully saturated rings. The second-order valence-electron chi connectivity index (χ2n) is 5.52. The summed E-state index contributed by atoms with van der Waals surface area (Å²) in [6.07, 6.45) is 4.47. The summed E-state index contributed by atoms with van der Waals surface area (Å²) >= 11 is 0. The molecule has 0 spiro atoms. The van der Waals surface area contributed by atoms with Crippen LogP contribution in [0.15, 0.2) is 0 Å². The summed E-state index contributed by atoms with van der Waals surface area (Å²) < 4.78 is 0. The minimum atomic E-state index is 0.644. The first-order valence-corrected chi connectivity index (χ1v) is 4.98. The van der Waals surface area contributed by atoms with Crippen LogP contribution in [0.5, 0.6) is 0 Å². The van der Waals surface area contributed by atoms with Crippen molar-refractivity contribution in [2.75, 3.05) is 0 Å². The van der Waals surface area contributed by atoms with Crippen LogP contribution < -0.4 is 0 Å². The predicted octanol–water partition coefficient (Wildman–Crippen LogP) is 3.47. The van der Waals surface area contributed by atoms with Gasteiger partial charge in [-0.15, -0.1) is 0 Å². The lowest BCUT2D eigenvalue weighted by molar-refractivity contribution is -0.181. The van der Waals surface area contributed by atoms with Gasteiger partial charge in [0, 0.05) is 0 Å². The summed E-state index contributed by atoms with van der Waals surface area (Å²) in [7, 11) is 0. The average Bonchev–Trinajstić information content (AvgIpc) is 1.94. The van der Waals surface area contributed by atoms with Crippen molar-refractivity contribution in [2.24, 2.45) is 22.7 Å². The van der Waals surface area contributed by atoms with Crippen molar-refractivity contribution in [1.29, 1.82) is 0 Å². The van der Waals surface area contributed by atoms with Gasteiger partial charge < -0.3 is 0 Å². The van der Waals surface area contributed by atoms with Crippen molar-refractivity contribution in [2.45, 2.75) is 47.0 Å². The molecular formula is C11H20. The van der Waals surface area contributed by atoms with E-state index < -0.39 is 0 Å². The Bertz CT molecular complexity index is 180. The standard InChI is InChI=1S/C11H20/c1-8-5-6-9-7-11(8,4)10(9,2)3/h8-9H,5-7H2,1-4H3/t8-,9+,11-/m1/s1. The Morgan fingerprint density at radius 2 is 1.73 bits per heavy atom. The van der Waals surface area contributed by atoms with Gasteiger partial charge in [-0.3, -0.25) is 0 Å². The predicted molar refractivity (Wildman–Crippen MR) is 48.4 cm³/mol. The van der Waals surface area contributed by atoms with E-state index in [0.717, 1.165) is 11.8 Å². The van der Waals surface area contributed by atoms with E-state index in [1.54, 1.807) is 0 Å². The summed E-state index contributed by atoms with van der Waals surface area (Å²) in [5.74, 6) is 2.01. The lowest BCUT2D eigenvalue weighted by atomic mass is 9.38. The summed E-state index contributed by atoms with van der Waals surface area (Å²) in [4.78, 5) is 0. The molecule has 0 unspecified atom stereocenters. The Morgan fingerprint density at radius 1 is 1.09 bits per heavy atom. The Labute approximate surface area is 70.4 Å². The average molecular weight is 152 g/mol. The van der Waals surface area contributed by atoms with E-state index in [-0.39, 0.29) is 0 Å². The smallest absolute Gasteiger partial charge is 0.0243 e. The topological polar surface area (TPSA) is 0 Å². The fourth-order valence-electron chi connectivity index (χ4n) is 3.43. The van der Waals surface area contributed by atoms with Gasteiger partial charge in [0.2, 0.25) is 0 Å². The number of fused-ring (bicyclic) bond motifs is 2. The molecular weight excluding hydrogens is 132 g/mol. The molecule has 3 atom stereocenters. The van der Waals surface area contributed by atoms with E-state index in [2.05, 4.69) is 27.7 Å². The molecule has 0 N–H and O–H groups in total. The molecule has 0 aromatic heterocycles. The van der Waals surface area contributed by atoms with Crippen molar-refractivity contribution in [3.05, 3.63) is 0 Å². The van der Waals surface area contributed by atoms with E-state index in [0.29, 0.717) is 10.8 Å². The Morgan fingerprint density at radius 3 is 2.09 bits per heavy atom. The van der Waals surface area contributed by atoms with Crippen LogP contribution in [-0.2, 0) is 0 Å². The monoisotopic (exact) mass is 152 g/mol. The molecule has 3 aliphatic rings. The molecule has 0 amide bonds. The summed E-state index contributed by atoms with van der Waals surface area (Å²) in [6, 6.07) is 0. The lowest BCUT2D eigenvalue weighted by Gasteiger charge is -2.67. The summed E-state index contributed by atoms with van der Waals surface area (Å²) in [5, 5.41) is 0. The van der Waals surface area contributed by atoms with Crippen LogP contribution in [0, 0.1) is 22.7 Å². The number of hydrogen-bond acceptors (Lipinski definition) is 0. The lowest BCUT2D eigenvalue weighted by Crippen LogP contribution is -2.59. The normalized spacial score (nSPS) is 53.5. The SMILES string of the molecule is C[C@@H]1CC[C@H]2C[C@@]1(C)C2(C)C. The van der Waals surface area contributed by atoms with Gasteiger partial charge in [0.05, 0.1) is 0 Å². The van der Waals surface area contributed by atoms with Gasteiger partial charge in [-0.2, -0.15) is 0 Å². The fraction of sp³-hybridized carbons (Fsp3) is 1.00. The first-order chi connectivity index (χ1) is 4.98. The second-order valence-corrected chi connectivity index (χ2v) is 5.52. The number of hydrogen-bond donors (Lipinski definition) is 0. The molecule has 3 rings (SSSR count). The Balaban J connectivity index is 2.28. The van der Waals surface area contributed by atoms with Gasteiger partial charge in [-0.1, -0.05) is 27.7 Å². The molecule has 3 aliphatic carbocycles. The molecule has 0 aliphatic heterocycles. The molecule has 0 aromatic rings. The molecule has 3 saturated carbocycles. The van der Waals surface area contributed by atoms with Gasteiger partial charge in [0.15, 0.2) is 0 Å². The van der Waals surface area contributed by atoms with E-state index in [1.807, 2.05) is 0 Å². The van der Waals surface area contributed by atoms with E-state index in [1.165, 1.54) is 19.3 Å².